The topological polar surface area (TPSA) is 76.8 Å². The molecule has 1 saturated carbocycles. The average molecular weight is 360 g/mol. The highest BCUT2D eigenvalue weighted by Crippen LogP contribution is 2.39. The molecule has 0 radical (unpaired) electrons. The Bertz CT molecular complexity index is 991. The monoisotopic (exact) mass is 360 g/mol. The zero-order valence-corrected chi connectivity index (χ0v) is 14.9. The first-order valence-electron chi connectivity index (χ1n) is 9.33. The largest absolute Gasteiger partial charge is 0.354 e. The van der Waals surface area contributed by atoms with Gasteiger partial charge in [0.25, 0.3) is 5.56 Å². The first-order valence-corrected chi connectivity index (χ1v) is 9.33. The van der Waals surface area contributed by atoms with Crippen molar-refractivity contribution >= 4 is 5.82 Å². The maximum absolute atomic E-state index is 12.2. The van der Waals surface area contributed by atoms with Crippen LogP contribution < -0.4 is 10.5 Å². The highest BCUT2D eigenvalue weighted by atomic mass is 16.1. The zero-order chi connectivity index (χ0) is 18.2. The van der Waals surface area contributed by atoms with Gasteiger partial charge in [0.1, 0.15) is 0 Å². The van der Waals surface area contributed by atoms with Crippen molar-refractivity contribution in [3.63, 3.8) is 0 Å². The van der Waals surface area contributed by atoms with Gasteiger partial charge in [0, 0.05) is 48.9 Å². The summed E-state index contributed by atoms with van der Waals surface area (Å²) in [5.74, 6) is 1.92. The molecule has 5 rings (SSSR count). The predicted molar refractivity (Wildman–Crippen MR) is 101 cm³/mol. The first kappa shape index (κ1) is 16.1. The molecule has 0 bridgehead atoms. The maximum Gasteiger partial charge on any atom is 0.266 e. The van der Waals surface area contributed by atoms with Crippen LogP contribution in [-0.2, 0) is 6.54 Å². The summed E-state index contributed by atoms with van der Waals surface area (Å²) in [6.07, 6.45) is 5.95. The van der Waals surface area contributed by atoms with Crippen LogP contribution in [0.4, 0.5) is 5.82 Å². The number of hydrogen-bond acceptors (Lipinski definition) is 6. The summed E-state index contributed by atoms with van der Waals surface area (Å²) in [5.41, 5.74) is 2.71. The van der Waals surface area contributed by atoms with Crippen LogP contribution in [-0.4, -0.2) is 38.1 Å². The van der Waals surface area contributed by atoms with E-state index in [-0.39, 0.29) is 5.56 Å². The lowest BCUT2D eigenvalue weighted by Gasteiger charge is -2.39. The highest BCUT2D eigenvalue weighted by molar-refractivity contribution is 5.56. The molecule has 7 nitrogen and oxygen atoms in total. The molecule has 0 aromatic carbocycles. The Hall–Kier alpha value is -3.09. The SMILES string of the molecule is O=c1ccc(-c2cccnc2)nn1CC1CN(c2ccc(C3CC3)nn2)C1. The first-order chi connectivity index (χ1) is 13.3. The Morgan fingerprint density at radius 1 is 1.04 bits per heavy atom. The summed E-state index contributed by atoms with van der Waals surface area (Å²) < 4.78 is 1.56. The molecular weight excluding hydrogens is 340 g/mol. The Morgan fingerprint density at radius 2 is 1.93 bits per heavy atom. The van der Waals surface area contributed by atoms with E-state index in [4.69, 9.17) is 0 Å². The molecule has 0 amide bonds. The minimum atomic E-state index is -0.0744. The molecule has 3 aromatic heterocycles. The molecule has 27 heavy (non-hydrogen) atoms. The van der Waals surface area contributed by atoms with Crippen LogP contribution in [0, 0.1) is 5.92 Å². The van der Waals surface area contributed by atoms with E-state index in [0.29, 0.717) is 18.4 Å². The van der Waals surface area contributed by atoms with Gasteiger partial charge in [-0.3, -0.25) is 9.78 Å². The maximum atomic E-state index is 12.2. The van der Waals surface area contributed by atoms with E-state index in [2.05, 4.69) is 37.3 Å². The zero-order valence-electron chi connectivity index (χ0n) is 14.9. The number of anilines is 1. The van der Waals surface area contributed by atoms with Crippen molar-refractivity contribution in [1.29, 1.82) is 0 Å². The number of hydrogen-bond donors (Lipinski definition) is 0. The molecule has 0 unspecified atom stereocenters. The van der Waals surface area contributed by atoms with Crippen molar-refractivity contribution in [2.24, 2.45) is 5.92 Å². The van der Waals surface area contributed by atoms with Crippen LogP contribution in [0.3, 0.4) is 0 Å². The lowest BCUT2D eigenvalue weighted by Crippen LogP contribution is -2.50. The van der Waals surface area contributed by atoms with Crippen molar-refractivity contribution in [3.8, 4) is 11.3 Å². The number of aromatic nitrogens is 5. The van der Waals surface area contributed by atoms with Gasteiger partial charge in [-0.15, -0.1) is 5.10 Å². The molecule has 0 atom stereocenters. The summed E-state index contributed by atoms with van der Waals surface area (Å²) in [4.78, 5) is 18.5. The fourth-order valence-corrected chi connectivity index (χ4v) is 3.47. The third-order valence-corrected chi connectivity index (χ3v) is 5.20. The van der Waals surface area contributed by atoms with Crippen molar-refractivity contribution in [2.75, 3.05) is 18.0 Å². The van der Waals surface area contributed by atoms with Gasteiger partial charge in [0.15, 0.2) is 5.82 Å². The predicted octanol–water partition coefficient (Wildman–Crippen LogP) is 2.11. The van der Waals surface area contributed by atoms with E-state index in [1.165, 1.54) is 12.8 Å². The van der Waals surface area contributed by atoms with Gasteiger partial charge < -0.3 is 4.90 Å². The van der Waals surface area contributed by atoms with Gasteiger partial charge in [0.2, 0.25) is 0 Å². The van der Waals surface area contributed by atoms with Crippen molar-refractivity contribution < 1.29 is 0 Å². The lowest BCUT2D eigenvalue weighted by atomic mass is 10.0. The van der Waals surface area contributed by atoms with Gasteiger partial charge in [-0.1, -0.05) is 0 Å². The molecule has 1 saturated heterocycles. The molecule has 0 spiro atoms. The van der Waals surface area contributed by atoms with Crippen molar-refractivity contribution in [3.05, 3.63) is 64.8 Å². The van der Waals surface area contributed by atoms with E-state index in [9.17, 15) is 4.79 Å². The van der Waals surface area contributed by atoms with Gasteiger partial charge >= 0.3 is 0 Å². The molecule has 1 aliphatic heterocycles. The molecule has 0 N–H and O–H groups in total. The van der Waals surface area contributed by atoms with Crippen LogP contribution in [0.25, 0.3) is 11.3 Å². The third kappa shape index (κ3) is 3.32. The van der Waals surface area contributed by atoms with Crippen molar-refractivity contribution in [1.82, 2.24) is 25.0 Å². The Kier molecular flexibility index (Phi) is 3.92. The van der Waals surface area contributed by atoms with Gasteiger partial charge in [-0.05, 0) is 43.2 Å². The molecule has 4 heterocycles. The van der Waals surface area contributed by atoms with Crippen LogP contribution in [0.5, 0.6) is 0 Å². The Morgan fingerprint density at radius 3 is 2.63 bits per heavy atom. The molecule has 2 fully saturated rings. The molecular formula is C20H20N6O. The Balaban J connectivity index is 1.25. The third-order valence-electron chi connectivity index (χ3n) is 5.20. The number of rotatable bonds is 5. The van der Waals surface area contributed by atoms with Crippen LogP contribution in [0.15, 0.2) is 53.6 Å². The molecule has 3 aromatic rings. The van der Waals surface area contributed by atoms with Crippen LogP contribution >= 0.6 is 0 Å². The number of pyridine rings is 1. The second-order valence-corrected chi connectivity index (χ2v) is 7.34. The minimum Gasteiger partial charge on any atom is -0.354 e. The van der Waals surface area contributed by atoms with E-state index in [0.717, 1.165) is 35.9 Å². The fraction of sp³-hybridized carbons (Fsp3) is 0.350. The quantitative estimate of drug-likeness (QED) is 0.694. The second-order valence-electron chi connectivity index (χ2n) is 7.34. The van der Waals surface area contributed by atoms with Crippen molar-refractivity contribution in [2.45, 2.75) is 25.3 Å². The van der Waals surface area contributed by atoms with Gasteiger partial charge in [-0.2, -0.15) is 10.2 Å². The molecule has 7 heteroatoms. The van der Waals surface area contributed by atoms with Gasteiger partial charge in [0.05, 0.1) is 17.9 Å². The summed E-state index contributed by atoms with van der Waals surface area (Å²) in [6, 6.07) is 11.3. The van der Waals surface area contributed by atoms with E-state index in [1.807, 2.05) is 12.1 Å². The Labute approximate surface area is 156 Å². The smallest absolute Gasteiger partial charge is 0.266 e. The molecule has 2 aliphatic rings. The average Bonchev–Trinajstić information content (AvgIpc) is 3.52. The molecule has 136 valence electrons. The summed E-state index contributed by atoms with van der Waals surface area (Å²) in [5, 5.41) is 13.2. The second kappa shape index (κ2) is 6.57. The van der Waals surface area contributed by atoms with E-state index >= 15 is 0 Å². The highest BCUT2D eigenvalue weighted by Gasteiger charge is 2.30. The van der Waals surface area contributed by atoms with Gasteiger partial charge in [-0.25, -0.2) is 4.68 Å². The van der Waals surface area contributed by atoms with Crippen LogP contribution in [0.1, 0.15) is 24.5 Å². The summed E-state index contributed by atoms with van der Waals surface area (Å²) >= 11 is 0. The van der Waals surface area contributed by atoms with E-state index < -0.39 is 0 Å². The summed E-state index contributed by atoms with van der Waals surface area (Å²) in [6.45, 7) is 2.34. The molecule has 1 aliphatic carbocycles. The standard InChI is InChI=1S/C20H20N6O/c27-20-8-6-18(16-2-1-9-21-10-16)24-26(20)13-14-11-25(12-14)19-7-5-17(22-23-19)15-3-4-15/h1-2,5-10,14-15H,3-4,11-13H2. The van der Waals surface area contributed by atoms with Crippen LogP contribution in [0.2, 0.25) is 0 Å². The normalized spacial score (nSPS) is 17.0. The minimum absolute atomic E-state index is 0.0744. The van der Waals surface area contributed by atoms with E-state index in [1.54, 1.807) is 29.2 Å². The number of nitrogens with zero attached hydrogens (tertiary/aromatic N) is 6. The summed E-state index contributed by atoms with van der Waals surface area (Å²) in [7, 11) is 0. The lowest BCUT2D eigenvalue weighted by molar-refractivity contribution is 0.333. The fourth-order valence-electron chi connectivity index (χ4n) is 3.47.